The van der Waals surface area contributed by atoms with Crippen LogP contribution in [0.15, 0.2) is 60.7 Å². The molecule has 7 nitrogen and oxygen atoms in total. The third-order valence-corrected chi connectivity index (χ3v) is 5.57. The summed E-state index contributed by atoms with van der Waals surface area (Å²) in [5.74, 6) is -0.505. The van der Waals surface area contributed by atoms with Gasteiger partial charge in [-0.3, -0.25) is 14.9 Å². The fourth-order valence-electron chi connectivity index (χ4n) is 2.77. The molecule has 0 radical (unpaired) electrons. The SMILES string of the molecule is O=C(Nc1ccc(O)c(-c2nc3ccccc3s2)c1)c1ccc(Cl)c([N+](=O)[O-])c1. The van der Waals surface area contributed by atoms with Crippen molar-refractivity contribution >= 4 is 50.4 Å². The second kappa shape index (κ2) is 7.50. The van der Waals surface area contributed by atoms with Gasteiger partial charge in [0, 0.05) is 17.3 Å². The highest BCUT2D eigenvalue weighted by Crippen LogP contribution is 2.37. The summed E-state index contributed by atoms with van der Waals surface area (Å²) < 4.78 is 0.977. The second-order valence-electron chi connectivity index (χ2n) is 6.10. The number of fused-ring (bicyclic) bond motifs is 1. The number of halogens is 1. The number of phenolic OH excluding ortho intramolecular Hbond substituents is 1. The standard InChI is InChI=1S/C20H12ClN3O4S/c21-14-7-5-11(9-16(14)24(27)28)19(26)22-12-6-8-17(25)13(10-12)20-23-15-3-1-2-4-18(15)29-20/h1-10,25H,(H,22,26). The molecule has 0 aliphatic heterocycles. The van der Waals surface area contributed by atoms with E-state index in [1.165, 1.54) is 35.6 Å². The zero-order valence-corrected chi connectivity index (χ0v) is 16.2. The lowest BCUT2D eigenvalue weighted by molar-refractivity contribution is -0.384. The minimum Gasteiger partial charge on any atom is -0.507 e. The number of aromatic nitrogens is 1. The van der Waals surface area contributed by atoms with Gasteiger partial charge >= 0.3 is 0 Å². The molecule has 29 heavy (non-hydrogen) atoms. The lowest BCUT2D eigenvalue weighted by Gasteiger charge is -2.08. The van der Waals surface area contributed by atoms with E-state index in [0.29, 0.717) is 16.3 Å². The number of rotatable bonds is 4. The number of nitro groups is 1. The van der Waals surface area contributed by atoms with Crippen molar-refractivity contribution in [1.29, 1.82) is 0 Å². The van der Waals surface area contributed by atoms with Crippen LogP contribution >= 0.6 is 22.9 Å². The van der Waals surface area contributed by atoms with Gasteiger partial charge in [-0.25, -0.2) is 4.98 Å². The van der Waals surface area contributed by atoms with Crippen LogP contribution in [0, 0.1) is 10.1 Å². The minimum atomic E-state index is -0.648. The summed E-state index contributed by atoms with van der Waals surface area (Å²) in [5, 5.41) is 24.5. The third kappa shape index (κ3) is 3.75. The molecule has 1 heterocycles. The molecule has 0 unspecified atom stereocenters. The number of hydrogen-bond donors (Lipinski definition) is 2. The first-order valence-electron chi connectivity index (χ1n) is 8.36. The molecule has 0 saturated heterocycles. The summed E-state index contributed by atoms with van der Waals surface area (Å²) in [7, 11) is 0. The normalized spacial score (nSPS) is 10.8. The number of aromatic hydroxyl groups is 1. The molecule has 0 aliphatic rings. The van der Waals surface area contributed by atoms with Gasteiger partial charge in [0.2, 0.25) is 0 Å². The predicted octanol–water partition coefficient (Wildman–Crippen LogP) is 5.48. The summed E-state index contributed by atoms with van der Waals surface area (Å²) in [5.41, 5.74) is 1.46. The van der Waals surface area contributed by atoms with E-state index in [2.05, 4.69) is 10.3 Å². The number of nitrogens with zero attached hydrogens (tertiary/aromatic N) is 2. The minimum absolute atomic E-state index is 0.0317. The number of amides is 1. The molecule has 9 heteroatoms. The van der Waals surface area contributed by atoms with Crippen LogP contribution in [0.4, 0.5) is 11.4 Å². The Kier molecular flexibility index (Phi) is 4.87. The molecular weight excluding hydrogens is 414 g/mol. The van der Waals surface area contributed by atoms with E-state index in [4.69, 9.17) is 11.6 Å². The first-order valence-corrected chi connectivity index (χ1v) is 9.56. The molecule has 0 bridgehead atoms. The number of nitrogens with one attached hydrogen (secondary N) is 1. The summed E-state index contributed by atoms with van der Waals surface area (Å²) in [6.07, 6.45) is 0. The van der Waals surface area contributed by atoms with Crippen molar-refractivity contribution in [2.24, 2.45) is 0 Å². The molecule has 0 aliphatic carbocycles. The first-order chi connectivity index (χ1) is 13.9. The van der Waals surface area contributed by atoms with Crippen LogP contribution in [0.2, 0.25) is 5.02 Å². The Labute approximate surface area is 173 Å². The van der Waals surface area contributed by atoms with Gasteiger partial charge in [0.05, 0.1) is 20.7 Å². The van der Waals surface area contributed by atoms with Crippen molar-refractivity contribution in [1.82, 2.24) is 4.98 Å². The van der Waals surface area contributed by atoms with Crippen LogP contribution in [0.25, 0.3) is 20.8 Å². The average Bonchev–Trinajstić information content (AvgIpc) is 3.13. The number of para-hydroxylation sites is 1. The quantitative estimate of drug-likeness (QED) is 0.256. The number of anilines is 1. The van der Waals surface area contributed by atoms with Gasteiger partial charge < -0.3 is 10.4 Å². The Morgan fingerprint density at radius 2 is 1.93 bits per heavy atom. The number of nitro benzene ring substituents is 1. The third-order valence-electron chi connectivity index (χ3n) is 4.18. The zero-order chi connectivity index (χ0) is 20.5. The Bertz CT molecular complexity index is 1240. The van der Waals surface area contributed by atoms with Crippen LogP contribution < -0.4 is 5.32 Å². The maximum atomic E-state index is 12.5. The second-order valence-corrected chi connectivity index (χ2v) is 7.53. The number of carbonyl (C=O) groups excluding carboxylic acids is 1. The lowest BCUT2D eigenvalue weighted by Crippen LogP contribution is -2.12. The first kappa shape index (κ1) is 18.9. The molecule has 0 saturated carbocycles. The van der Waals surface area contributed by atoms with E-state index in [0.717, 1.165) is 16.3 Å². The smallest absolute Gasteiger partial charge is 0.288 e. The highest BCUT2D eigenvalue weighted by Gasteiger charge is 2.17. The van der Waals surface area contributed by atoms with Gasteiger partial charge in [0.15, 0.2) is 0 Å². The summed E-state index contributed by atoms with van der Waals surface area (Å²) in [6.45, 7) is 0. The van der Waals surface area contributed by atoms with Gasteiger partial charge in [-0.2, -0.15) is 0 Å². The Balaban J connectivity index is 1.65. The van der Waals surface area contributed by atoms with Crippen molar-refractivity contribution in [3.05, 3.63) is 81.4 Å². The van der Waals surface area contributed by atoms with Crippen molar-refractivity contribution < 1.29 is 14.8 Å². The zero-order valence-electron chi connectivity index (χ0n) is 14.6. The molecule has 1 amide bonds. The number of carbonyl (C=O) groups is 1. The van der Waals surface area contributed by atoms with Gasteiger partial charge in [-0.15, -0.1) is 11.3 Å². The van der Waals surface area contributed by atoms with Gasteiger partial charge in [0.25, 0.3) is 11.6 Å². The summed E-state index contributed by atoms with van der Waals surface area (Å²) in [4.78, 5) is 27.4. The van der Waals surface area contributed by atoms with E-state index < -0.39 is 10.8 Å². The van der Waals surface area contributed by atoms with E-state index in [-0.39, 0.29) is 22.0 Å². The van der Waals surface area contributed by atoms with Crippen LogP contribution in [-0.2, 0) is 0 Å². The average molecular weight is 426 g/mol. The maximum absolute atomic E-state index is 12.5. The molecular formula is C20H12ClN3O4S. The molecule has 2 N–H and O–H groups in total. The van der Waals surface area contributed by atoms with Crippen LogP contribution in [0.1, 0.15) is 10.4 Å². The van der Waals surface area contributed by atoms with Crippen LogP contribution in [-0.4, -0.2) is 20.9 Å². The van der Waals surface area contributed by atoms with Gasteiger partial charge in [-0.1, -0.05) is 23.7 Å². The fourth-order valence-corrected chi connectivity index (χ4v) is 3.95. The molecule has 1 aromatic heterocycles. The Hall–Kier alpha value is -3.49. The van der Waals surface area contributed by atoms with Gasteiger partial charge in [-0.05, 0) is 42.5 Å². The van der Waals surface area contributed by atoms with Crippen molar-refractivity contribution in [2.45, 2.75) is 0 Å². The largest absolute Gasteiger partial charge is 0.507 e. The van der Waals surface area contributed by atoms with E-state index in [9.17, 15) is 20.0 Å². The molecule has 4 rings (SSSR count). The maximum Gasteiger partial charge on any atom is 0.288 e. The Morgan fingerprint density at radius 1 is 1.14 bits per heavy atom. The van der Waals surface area contributed by atoms with E-state index in [1.807, 2.05) is 24.3 Å². The molecule has 144 valence electrons. The van der Waals surface area contributed by atoms with Crippen molar-refractivity contribution in [2.75, 3.05) is 5.32 Å². The molecule has 0 spiro atoms. The number of hydrogen-bond acceptors (Lipinski definition) is 6. The molecule has 4 aromatic rings. The summed E-state index contributed by atoms with van der Waals surface area (Å²) in [6, 6.07) is 16.0. The lowest BCUT2D eigenvalue weighted by atomic mass is 10.1. The number of phenols is 1. The van der Waals surface area contributed by atoms with Crippen LogP contribution in [0.5, 0.6) is 5.75 Å². The molecule has 3 aromatic carbocycles. The number of thiazole rings is 1. The highest BCUT2D eigenvalue weighted by molar-refractivity contribution is 7.21. The topological polar surface area (TPSA) is 105 Å². The van der Waals surface area contributed by atoms with E-state index >= 15 is 0 Å². The van der Waals surface area contributed by atoms with Gasteiger partial charge in [0.1, 0.15) is 15.8 Å². The highest BCUT2D eigenvalue weighted by atomic mass is 35.5. The number of benzene rings is 3. The molecule has 0 fully saturated rings. The summed E-state index contributed by atoms with van der Waals surface area (Å²) >= 11 is 7.21. The van der Waals surface area contributed by atoms with Crippen LogP contribution in [0.3, 0.4) is 0 Å². The van der Waals surface area contributed by atoms with Crippen molar-refractivity contribution in [3.63, 3.8) is 0 Å². The van der Waals surface area contributed by atoms with E-state index in [1.54, 1.807) is 6.07 Å². The fraction of sp³-hybridized carbons (Fsp3) is 0. The Morgan fingerprint density at radius 3 is 2.69 bits per heavy atom. The molecule has 0 atom stereocenters. The monoisotopic (exact) mass is 425 g/mol. The predicted molar refractivity (Wildman–Crippen MR) is 113 cm³/mol. The van der Waals surface area contributed by atoms with Crippen molar-refractivity contribution in [3.8, 4) is 16.3 Å².